The summed E-state index contributed by atoms with van der Waals surface area (Å²) in [4.78, 5) is 38.0. The summed E-state index contributed by atoms with van der Waals surface area (Å²) in [6, 6.07) is 0. The van der Waals surface area contributed by atoms with E-state index in [4.69, 9.17) is 14.2 Å². The Morgan fingerprint density at radius 3 is 0.925 bits per heavy atom. The molecule has 0 aromatic rings. The largest absolute Gasteiger partial charge is 0.462 e. The van der Waals surface area contributed by atoms with Gasteiger partial charge >= 0.3 is 17.9 Å². The molecule has 0 bridgehead atoms. The van der Waals surface area contributed by atoms with Gasteiger partial charge in [-0.05, 0) is 109 Å². The fourth-order valence-electron chi connectivity index (χ4n) is 7.43. The molecule has 0 saturated heterocycles. The second-order valence-corrected chi connectivity index (χ2v) is 18.1. The summed E-state index contributed by atoms with van der Waals surface area (Å²) in [5.74, 6) is -0.921. The van der Waals surface area contributed by atoms with E-state index < -0.39 is 6.10 Å². The summed E-state index contributed by atoms with van der Waals surface area (Å²) in [6.07, 6.45) is 72.5. The van der Waals surface area contributed by atoms with Gasteiger partial charge in [0.05, 0.1) is 0 Å². The van der Waals surface area contributed by atoms with Crippen LogP contribution < -0.4 is 0 Å². The van der Waals surface area contributed by atoms with Crippen molar-refractivity contribution in [3.63, 3.8) is 0 Å². The molecule has 1 unspecified atom stereocenters. The lowest BCUT2D eigenvalue weighted by atomic mass is 10.1. The number of unbranched alkanes of at least 4 members (excludes halogenated alkanes) is 22. The fraction of sp³-hybridized carbons (Fsp3) is 0.689. The molecule has 0 aliphatic heterocycles. The Hall–Kier alpha value is -3.67. The Bertz CT molecular complexity index is 1350. The van der Waals surface area contributed by atoms with E-state index in [2.05, 4.69) is 118 Å². The maximum atomic E-state index is 12.8. The van der Waals surface area contributed by atoms with Gasteiger partial charge in [0, 0.05) is 19.3 Å². The van der Waals surface area contributed by atoms with Gasteiger partial charge in [0.25, 0.3) is 0 Å². The summed E-state index contributed by atoms with van der Waals surface area (Å²) in [5, 5.41) is 0. The van der Waals surface area contributed by atoms with Gasteiger partial charge in [-0.25, -0.2) is 0 Å². The van der Waals surface area contributed by atoms with Gasteiger partial charge in [-0.1, -0.05) is 221 Å². The number of esters is 3. The minimum absolute atomic E-state index is 0.0899. The summed E-state index contributed by atoms with van der Waals surface area (Å²) in [6.45, 7) is 6.35. The standard InChI is InChI=1S/C61H102O6/c1-4-7-10-13-16-19-22-24-26-27-28-29-30-31-32-33-35-36-39-42-45-48-51-54-60(63)66-57-58(56-65-59(62)53-50-47-44-41-38-21-18-15-12-9-6-3)67-61(64)55-52-49-46-43-40-37-34-25-23-20-17-14-11-8-5-2/h7-8,10-11,15-20,24-26,28-29,34,58H,4-6,9,12-14,21-23,27,30-33,35-57H2,1-3H3/b10-7-,11-8-,18-15-,19-16-,20-17-,26-24-,29-28-,34-25-. The Kier molecular flexibility index (Phi) is 51.9. The number of carbonyl (C=O) groups is 3. The van der Waals surface area contributed by atoms with Crippen molar-refractivity contribution in [2.45, 2.75) is 258 Å². The minimum atomic E-state index is -0.792. The summed E-state index contributed by atoms with van der Waals surface area (Å²) >= 11 is 0. The first-order chi connectivity index (χ1) is 33.0. The van der Waals surface area contributed by atoms with Crippen LogP contribution in [-0.2, 0) is 28.6 Å². The molecule has 0 rings (SSSR count). The zero-order chi connectivity index (χ0) is 48.6. The lowest BCUT2D eigenvalue weighted by Gasteiger charge is -2.18. The van der Waals surface area contributed by atoms with Crippen LogP contribution in [-0.4, -0.2) is 37.2 Å². The number of rotatable bonds is 49. The van der Waals surface area contributed by atoms with E-state index >= 15 is 0 Å². The summed E-state index contributed by atoms with van der Waals surface area (Å²) < 4.78 is 16.8. The molecule has 0 aliphatic rings. The maximum absolute atomic E-state index is 12.8. The van der Waals surface area contributed by atoms with Crippen molar-refractivity contribution in [3.8, 4) is 0 Å². The molecular weight excluding hydrogens is 829 g/mol. The lowest BCUT2D eigenvalue weighted by Crippen LogP contribution is -2.30. The molecule has 6 heteroatoms. The Labute approximate surface area is 413 Å². The third kappa shape index (κ3) is 53.2. The fourth-order valence-corrected chi connectivity index (χ4v) is 7.43. The second kappa shape index (κ2) is 54.9. The average Bonchev–Trinajstić information content (AvgIpc) is 3.33. The van der Waals surface area contributed by atoms with Gasteiger partial charge in [-0.3, -0.25) is 14.4 Å². The molecule has 382 valence electrons. The van der Waals surface area contributed by atoms with Crippen LogP contribution in [0.15, 0.2) is 97.2 Å². The van der Waals surface area contributed by atoms with Gasteiger partial charge in [-0.2, -0.15) is 0 Å². The van der Waals surface area contributed by atoms with E-state index in [1.54, 1.807) is 0 Å². The number of ether oxygens (including phenoxy) is 3. The first-order valence-electron chi connectivity index (χ1n) is 27.7. The Morgan fingerprint density at radius 1 is 0.313 bits per heavy atom. The number of carbonyl (C=O) groups excluding carboxylic acids is 3. The summed E-state index contributed by atoms with van der Waals surface area (Å²) in [7, 11) is 0. The van der Waals surface area contributed by atoms with E-state index in [1.165, 1.54) is 83.5 Å². The molecule has 0 saturated carbocycles. The van der Waals surface area contributed by atoms with Crippen molar-refractivity contribution in [1.29, 1.82) is 0 Å². The van der Waals surface area contributed by atoms with E-state index in [0.717, 1.165) is 128 Å². The van der Waals surface area contributed by atoms with Crippen molar-refractivity contribution >= 4 is 17.9 Å². The topological polar surface area (TPSA) is 78.9 Å². The number of hydrogen-bond donors (Lipinski definition) is 0. The molecule has 0 N–H and O–H groups in total. The van der Waals surface area contributed by atoms with E-state index in [-0.39, 0.29) is 31.1 Å². The smallest absolute Gasteiger partial charge is 0.306 e. The number of hydrogen-bond acceptors (Lipinski definition) is 6. The quantitative estimate of drug-likeness (QED) is 0.0262. The molecule has 0 radical (unpaired) electrons. The first kappa shape index (κ1) is 63.3. The molecule has 0 aromatic heterocycles. The molecule has 1 atom stereocenters. The molecule has 0 heterocycles. The van der Waals surface area contributed by atoms with E-state index in [0.29, 0.717) is 19.3 Å². The van der Waals surface area contributed by atoms with E-state index in [9.17, 15) is 14.4 Å². The van der Waals surface area contributed by atoms with Crippen LogP contribution in [0.5, 0.6) is 0 Å². The molecule has 67 heavy (non-hydrogen) atoms. The summed E-state index contributed by atoms with van der Waals surface area (Å²) in [5.41, 5.74) is 0. The molecule has 6 nitrogen and oxygen atoms in total. The van der Waals surface area contributed by atoms with Gasteiger partial charge in [-0.15, -0.1) is 0 Å². The predicted molar refractivity (Wildman–Crippen MR) is 288 cm³/mol. The normalized spacial score (nSPS) is 12.8. The highest BCUT2D eigenvalue weighted by Gasteiger charge is 2.19. The monoisotopic (exact) mass is 931 g/mol. The number of allylic oxidation sites excluding steroid dienone is 16. The molecule has 0 spiro atoms. The highest BCUT2D eigenvalue weighted by atomic mass is 16.6. The molecule has 0 aromatic carbocycles. The van der Waals surface area contributed by atoms with Crippen molar-refractivity contribution in [2.75, 3.05) is 13.2 Å². The van der Waals surface area contributed by atoms with E-state index in [1.807, 2.05) is 0 Å². The van der Waals surface area contributed by atoms with Crippen molar-refractivity contribution in [2.24, 2.45) is 0 Å². The second-order valence-electron chi connectivity index (χ2n) is 18.1. The van der Waals surface area contributed by atoms with Crippen molar-refractivity contribution in [1.82, 2.24) is 0 Å². The average molecular weight is 931 g/mol. The van der Waals surface area contributed by atoms with Gasteiger partial charge in [0.1, 0.15) is 13.2 Å². The predicted octanol–water partition coefficient (Wildman–Crippen LogP) is 18.5. The molecular formula is C61H102O6. The molecule has 0 fully saturated rings. The van der Waals surface area contributed by atoms with Crippen LogP contribution in [0.1, 0.15) is 252 Å². The highest BCUT2D eigenvalue weighted by Crippen LogP contribution is 2.15. The third-order valence-corrected chi connectivity index (χ3v) is 11.6. The van der Waals surface area contributed by atoms with Crippen LogP contribution in [0.2, 0.25) is 0 Å². The highest BCUT2D eigenvalue weighted by molar-refractivity contribution is 5.71. The molecule has 0 aliphatic carbocycles. The third-order valence-electron chi connectivity index (χ3n) is 11.6. The molecule has 0 amide bonds. The Morgan fingerprint density at radius 2 is 0.582 bits per heavy atom. The van der Waals surface area contributed by atoms with Crippen LogP contribution in [0.4, 0.5) is 0 Å². The lowest BCUT2D eigenvalue weighted by molar-refractivity contribution is -0.167. The Balaban J connectivity index is 4.33. The van der Waals surface area contributed by atoms with Crippen molar-refractivity contribution in [3.05, 3.63) is 97.2 Å². The van der Waals surface area contributed by atoms with Crippen LogP contribution in [0, 0.1) is 0 Å². The van der Waals surface area contributed by atoms with Crippen LogP contribution in [0.3, 0.4) is 0 Å². The van der Waals surface area contributed by atoms with Crippen molar-refractivity contribution < 1.29 is 28.6 Å². The van der Waals surface area contributed by atoms with Gasteiger partial charge < -0.3 is 14.2 Å². The van der Waals surface area contributed by atoms with Gasteiger partial charge in [0.15, 0.2) is 6.10 Å². The maximum Gasteiger partial charge on any atom is 0.306 e. The zero-order valence-corrected chi connectivity index (χ0v) is 43.6. The first-order valence-corrected chi connectivity index (χ1v) is 27.7. The SMILES string of the molecule is CC/C=C\C/C=C\C/C=C\C/C=C\CCCCCCCCCCCCC(=O)OCC(COC(=O)CCCCCCC/C=C\CCCC)OC(=O)CCCCCCC/C=C\C/C=C\C/C=C\CC. The minimum Gasteiger partial charge on any atom is -0.462 e. The van der Waals surface area contributed by atoms with Crippen LogP contribution in [0.25, 0.3) is 0 Å². The van der Waals surface area contributed by atoms with Gasteiger partial charge in [0.2, 0.25) is 0 Å². The zero-order valence-electron chi connectivity index (χ0n) is 43.6. The van der Waals surface area contributed by atoms with Crippen LogP contribution >= 0.6 is 0 Å².